The van der Waals surface area contributed by atoms with Crippen molar-refractivity contribution in [3.63, 3.8) is 0 Å². The van der Waals surface area contributed by atoms with Crippen molar-refractivity contribution in [3.05, 3.63) is 11.6 Å². The average molecular weight is 235 g/mol. The molecule has 0 aromatic carbocycles. The zero-order chi connectivity index (χ0) is 8.93. The predicted molar refractivity (Wildman–Crippen MR) is 60.5 cm³/mol. The molecule has 1 aliphatic rings. The smallest absolute Gasteiger partial charge is 0.273 e. The normalized spacial score (nSPS) is 17.4. The molecule has 1 fully saturated rings. The maximum atomic E-state index is 5.57. The Labute approximate surface area is 94.3 Å². The Bertz CT molecular complexity index is 237. The summed E-state index contributed by atoms with van der Waals surface area (Å²) >= 11 is 1.56. The minimum absolute atomic E-state index is 0. The Morgan fingerprint density at radius 3 is 2.93 bits per heavy atom. The molecule has 80 valence electrons. The van der Waals surface area contributed by atoms with Crippen LogP contribution in [0.15, 0.2) is 11.6 Å². The summed E-state index contributed by atoms with van der Waals surface area (Å²) in [6.07, 6.45) is 4.24. The van der Waals surface area contributed by atoms with Crippen molar-refractivity contribution in [3.8, 4) is 5.19 Å². The Morgan fingerprint density at radius 2 is 2.29 bits per heavy atom. The minimum atomic E-state index is 0. The monoisotopic (exact) mass is 234 g/mol. The lowest BCUT2D eigenvalue weighted by Gasteiger charge is -2.21. The largest absolute Gasteiger partial charge is 0.470 e. The molecule has 1 N–H and O–H groups in total. The molecule has 3 nitrogen and oxygen atoms in total. The lowest BCUT2D eigenvalue weighted by molar-refractivity contribution is 0.214. The molecular formula is C9H15ClN2OS. The first-order valence-electron chi connectivity index (χ1n) is 4.68. The third kappa shape index (κ3) is 3.44. The molecule has 1 aromatic heterocycles. The highest BCUT2D eigenvalue weighted by Crippen LogP contribution is 2.17. The summed E-state index contributed by atoms with van der Waals surface area (Å²) in [6, 6.07) is 0. The van der Waals surface area contributed by atoms with Gasteiger partial charge in [-0.3, -0.25) is 0 Å². The molecule has 0 unspecified atom stereocenters. The van der Waals surface area contributed by atoms with Crippen molar-refractivity contribution in [2.75, 3.05) is 19.7 Å². The Kier molecular flexibility index (Phi) is 5.22. The fraction of sp³-hybridized carbons (Fsp3) is 0.667. The highest BCUT2D eigenvalue weighted by Gasteiger charge is 2.13. The molecule has 0 saturated carbocycles. The van der Waals surface area contributed by atoms with Gasteiger partial charge in [0.15, 0.2) is 0 Å². The second-order valence-corrected chi connectivity index (χ2v) is 4.16. The molecule has 1 saturated heterocycles. The molecule has 2 rings (SSSR count). The maximum absolute atomic E-state index is 5.57. The van der Waals surface area contributed by atoms with E-state index in [-0.39, 0.29) is 12.4 Å². The molecule has 0 aliphatic carbocycles. The van der Waals surface area contributed by atoms with Crippen molar-refractivity contribution in [1.82, 2.24) is 10.3 Å². The van der Waals surface area contributed by atoms with Crippen LogP contribution in [0.25, 0.3) is 0 Å². The van der Waals surface area contributed by atoms with Crippen LogP contribution in [-0.2, 0) is 0 Å². The lowest BCUT2D eigenvalue weighted by Crippen LogP contribution is -2.30. The number of halogens is 1. The van der Waals surface area contributed by atoms with E-state index in [2.05, 4.69) is 10.3 Å². The molecule has 0 radical (unpaired) electrons. The molecule has 2 heterocycles. The van der Waals surface area contributed by atoms with Crippen LogP contribution in [0.2, 0.25) is 0 Å². The second-order valence-electron chi connectivity index (χ2n) is 3.30. The number of rotatable bonds is 3. The third-order valence-electron chi connectivity index (χ3n) is 2.31. The van der Waals surface area contributed by atoms with Gasteiger partial charge in [-0.2, -0.15) is 0 Å². The second kappa shape index (κ2) is 6.22. The highest BCUT2D eigenvalue weighted by atomic mass is 35.5. The van der Waals surface area contributed by atoms with Crippen LogP contribution >= 0.6 is 23.7 Å². The zero-order valence-electron chi connectivity index (χ0n) is 7.94. The fourth-order valence-corrected chi connectivity index (χ4v) is 2.02. The number of aromatic nitrogens is 1. The van der Waals surface area contributed by atoms with Gasteiger partial charge in [0.2, 0.25) is 0 Å². The molecule has 0 spiro atoms. The molecular weight excluding hydrogens is 220 g/mol. The van der Waals surface area contributed by atoms with Gasteiger partial charge in [0.05, 0.1) is 6.61 Å². The molecule has 0 bridgehead atoms. The Hall–Kier alpha value is -0.320. The third-order valence-corrected chi connectivity index (χ3v) is 2.99. The zero-order valence-corrected chi connectivity index (χ0v) is 9.57. The van der Waals surface area contributed by atoms with E-state index < -0.39 is 0 Å². The summed E-state index contributed by atoms with van der Waals surface area (Å²) < 4.78 is 5.57. The summed E-state index contributed by atoms with van der Waals surface area (Å²) in [4.78, 5) is 4.08. The molecule has 1 aromatic rings. The van der Waals surface area contributed by atoms with E-state index >= 15 is 0 Å². The summed E-state index contributed by atoms with van der Waals surface area (Å²) in [5, 5.41) is 6.09. The molecule has 1 aliphatic heterocycles. The first kappa shape index (κ1) is 11.8. The van der Waals surface area contributed by atoms with Crippen molar-refractivity contribution in [2.24, 2.45) is 5.92 Å². The molecule has 14 heavy (non-hydrogen) atoms. The van der Waals surface area contributed by atoms with Crippen LogP contribution in [0, 0.1) is 5.92 Å². The first-order chi connectivity index (χ1) is 6.45. The van der Waals surface area contributed by atoms with Gasteiger partial charge in [-0.25, -0.2) is 4.98 Å². The van der Waals surface area contributed by atoms with Crippen molar-refractivity contribution >= 4 is 23.7 Å². The van der Waals surface area contributed by atoms with Gasteiger partial charge in [0.1, 0.15) is 0 Å². The number of hydrogen-bond acceptors (Lipinski definition) is 4. The van der Waals surface area contributed by atoms with Crippen LogP contribution < -0.4 is 10.1 Å². The van der Waals surface area contributed by atoms with E-state index in [4.69, 9.17) is 4.74 Å². The average Bonchev–Trinajstić information content (AvgIpc) is 2.69. The van der Waals surface area contributed by atoms with E-state index in [1.807, 2.05) is 5.38 Å². The summed E-state index contributed by atoms with van der Waals surface area (Å²) in [6.45, 7) is 3.09. The fourth-order valence-electron chi connectivity index (χ4n) is 1.52. The molecule has 5 heteroatoms. The molecule has 0 atom stereocenters. The summed E-state index contributed by atoms with van der Waals surface area (Å²) in [7, 11) is 0. The minimum Gasteiger partial charge on any atom is -0.470 e. The van der Waals surface area contributed by atoms with Gasteiger partial charge in [-0.15, -0.1) is 12.4 Å². The van der Waals surface area contributed by atoms with Crippen LogP contribution in [0.4, 0.5) is 0 Å². The van der Waals surface area contributed by atoms with Crippen molar-refractivity contribution in [2.45, 2.75) is 12.8 Å². The van der Waals surface area contributed by atoms with Gasteiger partial charge >= 0.3 is 0 Å². The van der Waals surface area contributed by atoms with Gasteiger partial charge in [-0.1, -0.05) is 11.3 Å². The Morgan fingerprint density at radius 1 is 1.50 bits per heavy atom. The van der Waals surface area contributed by atoms with Crippen LogP contribution in [0.5, 0.6) is 5.19 Å². The number of nitrogens with one attached hydrogen (secondary N) is 1. The SMILES string of the molecule is Cl.c1csc(OCC2CCNCC2)n1. The van der Waals surface area contributed by atoms with E-state index in [0.29, 0.717) is 5.92 Å². The van der Waals surface area contributed by atoms with Crippen LogP contribution in [0.3, 0.4) is 0 Å². The van der Waals surface area contributed by atoms with Gasteiger partial charge in [0, 0.05) is 11.6 Å². The van der Waals surface area contributed by atoms with E-state index in [1.165, 1.54) is 12.8 Å². The Balaban J connectivity index is 0.000000980. The van der Waals surface area contributed by atoms with Gasteiger partial charge in [0.25, 0.3) is 5.19 Å². The van der Waals surface area contributed by atoms with E-state index in [9.17, 15) is 0 Å². The summed E-state index contributed by atoms with van der Waals surface area (Å²) in [5.74, 6) is 0.713. The van der Waals surface area contributed by atoms with Gasteiger partial charge < -0.3 is 10.1 Å². The topological polar surface area (TPSA) is 34.1 Å². The van der Waals surface area contributed by atoms with Crippen molar-refractivity contribution < 1.29 is 4.74 Å². The number of nitrogens with zero attached hydrogens (tertiary/aromatic N) is 1. The quantitative estimate of drug-likeness (QED) is 0.868. The van der Waals surface area contributed by atoms with E-state index in [0.717, 1.165) is 24.9 Å². The number of hydrogen-bond donors (Lipinski definition) is 1. The number of piperidine rings is 1. The number of ether oxygens (including phenoxy) is 1. The standard InChI is InChI=1S/C9H14N2OS.ClH/c1-3-10-4-2-8(1)7-12-9-11-5-6-13-9;/h5-6,8,10H,1-4,7H2;1H. The van der Waals surface area contributed by atoms with Gasteiger partial charge in [-0.05, 0) is 31.8 Å². The van der Waals surface area contributed by atoms with Crippen LogP contribution in [0.1, 0.15) is 12.8 Å². The lowest BCUT2D eigenvalue weighted by atomic mass is 9.99. The van der Waals surface area contributed by atoms with Crippen LogP contribution in [-0.4, -0.2) is 24.7 Å². The first-order valence-corrected chi connectivity index (χ1v) is 5.56. The van der Waals surface area contributed by atoms with Crippen molar-refractivity contribution in [1.29, 1.82) is 0 Å². The number of thiazole rings is 1. The maximum Gasteiger partial charge on any atom is 0.273 e. The predicted octanol–water partition coefficient (Wildman–Crippen LogP) is 1.94. The summed E-state index contributed by atoms with van der Waals surface area (Å²) in [5.41, 5.74) is 0. The van der Waals surface area contributed by atoms with E-state index in [1.54, 1.807) is 17.5 Å². The highest BCUT2D eigenvalue weighted by molar-refractivity contribution is 7.11. The molecule has 0 amide bonds.